The van der Waals surface area contributed by atoms with Gasteiger partial charge in [-0.25, -0.2) is 4.79 Å². The monoisotopic (exact) mass is 235 g/mol. The highest BCUT2D eigenvalue weighted by molar-refractivity contribution is 5.77. The van der Waals surface area contributed by atoms with Gasteiger partial charge in [-0.15, -0.1) is 0 Å². The molecule has 0 bridgehead atoms. The summed E-state index contributed by atoms with van der Waals surface area (Å²) in [5.74, 6) is -1.18. The van der Waals surface area contributed by atoms with E-state index in [-0.39, 0.29) is 0 Å². The zero-order valence-electron chi connectivity index (χ0n) is 9.84. The van der Waals surface area contributed by atoms with Crippen LogP contribution in [0.4, 0.5) is 0 Å². The quantitative estimate of drug-likeness (QED) is 0.582. The molecule has 0 unspecified atom stereocenters. The second-order valence-corrected chi connectivity index (χ2v) is 4.01. The van der Waals surface area contributed by atoms with Crippen molar-refractivity contribution >= 4 is 5.97 Å². The molecule has 0 aliphatic carbocycles. The molecule has 92 valence electrons. The molecule has 0 amide bonds. The third kappa shape index (κ3) is 4.74. The number of aryl methyl sites for hydroxylation is 1. The Hall–Kier alpha value is -1.75. The van der Waals surface area contributed by atoms with Crippen LogP contribution >= 0.6 is 0 Å². The molecule has 1 aromatic carbocycles. The highest BCUT2D eigenvalue weighted by Gasteiger charge is 2.26. The number of nitrogens with two attached hydrogens (primary N) is 1. The molecule has 0 saturated heterocycles. The lowest BCUT2D eigenvalue weighted by molar-refractivity contribution is -0.142. The smallest absolute Gasteiger partial charge is 0.348 e. The maximum atomic E-state index is 10.6. The standard InChI is InChI=1S/C12H17N3O2/c1-12(13,11(16)17)15-14-9-5-8-10-6-3-2-4-7-10/h2-4,6-7H,5,8-9,13H2,1H3,(H,16,17)/t12-/m1/s1. The Kier molecular flexibility index (Phi) is 4.78. The minimum atomic E-state index is -1.62. The molecule has 0 saturated carbocycles. The maximum Gasteiger partial charge on any atom is 0.348 e. The van der Waals surface area contributed by atoms with Gasteiger partial charge >= 0.3 is 5.97 Å². The summed E-state index contributed by atoms with van der Waals surface area (Å²) in [6, 6.07) is 10.0. The molecule has 3 N–H and O–H groups in total. The average Bonchev–Trinajstić information content (AvgIpc) is 2.29. The number of hydrogen-bond donors (Lipinski definition) is 2. The molecule has 17 heavy (non-hydrogen) atoms. The van der Waals surface area contributed by atoms with E-state index in [1.165, 1.54) is 12.5 Å². The molecule has 0 spiro atoms. The second-order valence-electron chi connectivity index (χ2n) is 4.01. The molecular weight excluding hydrogens is 218 g/mol. The van der Waals surface area contributed by atoms with Gasteiger partial charge in [0.1, 0.15) is 0 Å². The molecule has 1 rings (SSSR count). The van der Waals surface area contributed by atoms with Gasteiger partial charge in [0.25, 0.3) is 0 Å². The Morgan fingerprint density at radius 2 is 2.06 bits per heavy atom. The van der Waals surface area contributed by atoms with Crippen LogP contribution in [0.25, 0.3) is 0 Å². The molecule has 5 nitrogen and oxygen atoms in total. The van der Waals surface area contributed by atoms with Crippen LogP contribution in [-0.2, 0) is 11.2 Å². The molecule has 0 radical (unpaired) electrons. The van der Waals surface area contributed by atoms with Crippen molar-refractivity contribution in [2.24, 2.45) is 16.0 Å². The number of rotatable bonds is 6. The van der Waals surface area contributed by atoms with Crippen molar-refractivity contribution in [1.82, 2.24) is 0 Å². The van der Waals surface area contributed by atoms with Crippen LogP contribution < -0.4 is 5.73 Å². The molecular formula is C12H17N3O2. The molecule has 0 aromatic heterocycles. The summed E-state index contributed by atoms with van der Waals surface area (Å²) in [5.41, 5.74) is 5.01. The summed E-state index contributed by atoms with van der Waals surface area (Å²) in [6.07, 6.45) is 1.72. The highest BCUT2D eigenvalue weighted by atomic mass is 16.4. The van der Waals surface area contributed by atoms with Crippen LogP contribution in [0, 0.1) is 0 Å². The van der Waals surface area contributed by atoms with Crippen molar-refractivity contribution in [2.75, 3.05) is 6.54 Å². The third-order valence-corrected chi connectivity index (χ3v) is 2.28. The van der Waals surface area contributed by atoms with Gasteiger partial charge in [0.05, 0.1) is 6.54 Å². The first kappa shape index (κ1) is 13.3. The Labute approximate surface area is 100 Å². The van der Waals surface area contributed by atoms with E-state index in [2.05, 4.69) is 10.2 Å². The van der Waals surface area contributed by atoms with Gasteiger partial charge < -0.3 is 5.11 Å². The first-order valence-electron chi connectivity index (χ1n) is 5.47. The van der Waals surface area contributed by atoms with Gasteiger partial charge in [-0.1, -0.05) is 30.3 Å². The van der Waals surface area contributed by atoms with Crippen LogP contribution in [0.2, 0.25) is 0 Å². The molecule has 1 atom stereocenters. The van der Waals surface area contributed by atoms with Crippen molar-refractivity contribution in [3.05, 3.63) is 35.9 Å². The molecule has 0 fully saturated rings. The lowest BCUT2D eigenvalue weighted by atomic mass is 10.1. The highest BCUT2D eigenvalue weighted by Crippen LogP contribution is 2.05. The average molecular weight is 235 g/mol. The van der Waals surface area contributed by atoms with E-state index < -0.39 is 11.6 Å². The molecule has 0 heterocycles. The SMILES string of the molecule is C[C@@](N)(N=NCCCc1ccccc1)C(=O)O. The molecule has 0 aliphatic heterocycles. The third-order valence-electron chi connectivity index (χ3n) is 2.28. The lowest BCUT2D eigenvalue weighted by Gasteiger charge is -2.10. The largest absolute Gasteiger partial charge is 0.478 e. The van der Waals surface area contributed by atoms with E-state index in [0.29, 0.717) is 6.54 Å². The summed E-state index contributed by atoms with van der Waals surface area (Å²) in [5, 5.41) is 16.1. The number of azo groups is 1. The summed E-state index contributed by atoms with van der Waals surface area (Å²) < 4.78 is 0. The fourth-order valence-electron chi connectivity index (χ4n) is 1.24. The molecule has 1 aromatic rings. The zero-order valence-corrected chi connectivity index (χ0v) is 9.84. The van der Waals surface area contributed by atoms with Gasteiger partial charge in [0.2, 0.25) is 5.66 Å². The number of benzene rings is 1. The van der Waals surface area contributed by atoms with Crippen molar-refractivity contribution in [1.29, 1.82) is 0 Å². The summed E-state index contributed by atoms with van der Waals surface area (Å²) >= 11 is 0. The number of carboxylic acids is 1. The van der Waals surface area contributed by atoms with Crippen LogP contribution in [0.3, 0.4) is 0 Å². The van der Waals surface area contributed by atoms with Gasteiger partial charge in [-0.2, -0.15) is 10.2 Å². The van der Waals surface area contributed by atoms with E-state index in [1.54, 1.807) is 0 Å². The minimum Gasteiger partial charge on any atom is -0.478 e. The van der Waals surface area contributed by atoms with Crippen LogP contribution in [0.15, 0.2) is 40.6 Å². The number of aliphatic carboxylic acids is 1. The van der Waals surface area contributed by atoms with E-state index >= 15 is 0 Å². The van der Waals surface area contributed by atoms with Crippen molar-refractivity contribution in [3.8, 4) is 0 Å². The van der Waals surface area contributed by atoms with Gasteiger partial charge in [0, 0.05) is 0 Å². The number of nitrogens with zero attached hydrogens (tertiary/aromatic N) is 2. The van der Waals surface area contributed by atoms with Gasteiger partial charge in [0.15, 0.2) is 0 Å². The van der Waals surface area contributed by atoms with E-state index in [4.69, 9.17) is 10.8 Å². The summed E-state index contributed by atoms with van der Waals surface area (Å²) in [4.78, 5) is 10.6. The molecule has 5 heteroatoms. The molecule has 0 aliphatic rings. The topological polar surface area (TPSA) is 88.0 Å². The van der Waals surface area contributed by atoms with Crippen molar-refractivity contribution < 1.29 is 9.90 Å². The first-order valence-corrected chi connectivity index (χ1v) is 5.47. The maximum absolute atomic E-state index is 10.6. The lowest BCUT2D eigenvalue weighted by Crippen LogP contribution is -2.42. The normalized spacial score (nSPS) is 14.7. The summed E-state index contributed by atoms with van der Waals surface area (Å²) in [6.45, 7) is 1.80. The van der Waals surface area contributed by atoms with E-state index in [1.807, 2.05) is 30.3 Å². The van der Waals surface area contributed by atoms with Crippen molar-refractivity contribution in [3.63, 3.8) is 0 Å². The van der Waals surface area contributed by atoms with Crippen LogP contribution in [-0.4, -0.2) is 23.3 Å². The van der Waals surface area contributed by atoms with E-state index in [9.17, 15) is 4.79 Å². The van der Waals surface area contributed by atoms with Gasteiger partial charge in [-0.05, 0) is 25.3 Å². The zero-order chi connectivity index (χ0) is 12.7. The Balaban J connectivity index is 2.29. The minimum absolute atomic E-state index is 0.481. The van der Waals surface area contributed by atoms with Crippen molar-refractivity contribution in [2.45, 2.75) is 25.4 Å². The summed E-state index contributed by atoms with van der Waals surface area (Å²) in [7, 11) is 0. The number of hydrogen-bond acceptors (Lipinski definition) is 4. The van der Waals surface area contributed by atoms with E-state index in [0.717, 1.165) is 12.8 Å². The van der Waals surface area contributed by atoms with Crippen LogP contribution in [0.5, 0.6) is 0 Å². The fourth-order valence-corrected chi connectivity index (χ4v) is 1.24. The Bertz CT molecular complexity index is 388. The van der Waals surface area contributed by atoms with Crippen LogP contribution in [0.1, 0.15) is 18.9 Å². The number of carboxylic acid groups (broad SMARTS) is 1. The first-order chi connectivity index (χ1) is 8.02. The second kappa shape index (κ2) is 6.10. The Morgan fingerprint density at radius 3 is 2.65 bits per heavy atom. The van der Waals surface area contributed by atoms with Gasteiger partial charge in [-0.3, -0.25) is 5.73 Å². The fraction of sp³-hybridized carbons (Fsp3) is 0.417. The predicted octanol–water partition coefficient (Wildman–Crippen LogP) is 1.83. The Morgan fingerprint density at radius 1 is 1.41 bits per heavy atom. The number of carbonyl (C=O) groups is 1. The predicted molar refractivity (Wildman–Crippen MR) is 64.7 cm³/mol.